The Hall–Kier alpha value is -2.38. The standard InChI is InChI=1S/C18H23N5O2/c1-22(2)12-18(25)7-5-9-23(13-18)17(24)14-10-20-16(21-11-14)15-6-3-4-8-19-15/h3-4,6,8,10-11,25H,5,7,9,12-13H2,1-2H3/t18-/m1/s1. The fourth-order valence-electron chi connectivity index (χ4n) is 3.25. The van der Waals surface area contributed by atoms with Gasteiger partial charge in [-0.1, -0.05) is 6.07 Å². The van der Waals surface area contributed by atoms with Gasteiger partial charge in [0.25, 0.3) is 5.91 Å². The van der Waals surface area contributed by atoms with Crippen LogP contribution in [-0.2, 0) is 0 Å². The summed E-state index contributed by atoms with van der Waals surface area (Å²) in [4.78, 5) is 29.1. The number of pyridine rings is 1. The number of likely N-dealkylation sites (tertiary alicyclic amines) is 1. The molecule has 2 aromatic rings. The molecule has 1 fully saturated rings. The van der Waals surface area contributed by atoms with Gasteiger partial charge in [-0.3, -0.25) is 9.78 Å². The normalized spacial score (nSPS) is 20.7. The van der Waals surface area contributed by atoms with Gasteiger partial charge in [-0.15, -0.1) is 0 Å². The van der Waals surface area contributed by atoms with Gasteiger partial charge in [0.05, 0.1) is 17.7 Å². The molecule has 0 spiro atoms. The monoisotopic (exact) mass is 341 g/mol. The number of amides is 1. The number of β-amino-alcohol motifs (C(OH)–C–C–N with tert-alkyl or cyclic N) is 1. The summed E-state index contributed by atoms with van der Waals surface area (Å²) in [5.74, 6) is 0.337. The fourth-order valence-corrected chi connectivity index (χ4v) is 3.25. The first kappa shape index (κ1) is 17.4. The van der Waals surface area contributed by atoms with Crippen molar-refractivity contribution in [3.63, 3.8) is 0 Å². The number of aromatic nitrogens is 3. The summed E-state index contributed by atoms with van der Waals surface area (Å²) in [5, 5.41) is 10.7. The summed E-state index contributed by atoms with van der Waals surface area (Å²) in [6, 6.07) is 5.51. The Morgan fingerprint density at radius 3 is 2.68 bits per heavy atom. The van der Waals surface area contributed by atoms with Crippen LogP contribution in [0.5, 0.6) is 0 Å². The van der Waals surface area contributed by atoms with Crippen molar-refractivity contribution < 1.29 is 9.90 Å². The lowest BCUT2D eigenvalue weighted by Gasteiger charge is -2.40. The highest BCUT2D eigenvalue weighted by molar-refractivity contribution is 5.93. The van der Waals surface area contributed by atoms with Crippen LogP contribution in [0.25, 0.3) is 11.5 Å². The van der Waals surface area contributed by atoms with E-state index in [1.54, 1.807) is 11.1 Å². The number of hydrogen-bond donors (Lipinski definition) is 1. The van der Waals surface area contributed by atoms with Gasteiger partial charge in [0.15, 0.2) is 5.82 Å². The Morgan fingerprint density at radius 1 is 1.28 bits per heavy atom. The second-order valence-corrected chi connectivity index (χ2v) is 6.80. The maximum Gasteiger partial charge on any atom is 0.257 e. The maximum atomic E-state index is 12.7. The van der Waals surface area contributed by atoms with Crippen molar-refractivity contribution in [3.05, 3.63) is 42.4 Å². The Balaban J connectivity index is 1.72. The minimum atomic E-state index is -0.869. The average Bonchev–Trinajstić information content (AvgIpc) is 2.61. The molecular formula is C18H23N5O2. The third-order valence-corrected chi connectivity index (χ3v) is 4.25. The van der Waals surface area contributed by atoms with Crippen LogP contribution in [0, 0.1) is 0 Å². The fraction of sp³-hybridized carbons (Fsp3) is 0.444. The van der Waals surface area contributed by atoms with Gasteiger partial charge in [0.1, 0.15) is 5.69 Å². The molecule has 0 aliphatic carbocycles. The Kier molecular flexibility index (Phi) is 5.06. The summed E-state index contributed by atoms with van der Waals surface area (Å²) in [6.07, 6.45) is 6.21. The van der Waals surface area contributed by atoms with Crippen molar-refractivity contribution in [2.24, 2.45) is 0 Å². The number of carbonyl (C=O) groups excluding carboxylic acids is 1. The molecular weight excluding hydrogens is 318 g/mol. The molecule has 0 saturated carbocycles. The molecule has 1 N–H and O–H groups in total. The maximum absolute atomic E-state index is 12.7. The van der Waals surface area contributed by atoms with E-state index in [9.17, 15) is 9.90 Å². The van der Waals surface area contributed by atoms with E-state index in [1.165, 1.54) is 12.4 Å². The summed E-state index contributed by atoms with van der Waals surface area (Å²) in [7, 11) is 3.84. The van der Waals surface area contributed by atoms with E-state index in [0.717, 1.165) is 6.42 Å². The predicted octanol–water partition coefficient (Wildman–Crippen LogP) is 1.07. The van der Waals surface area contributed by atoms with Crippen LogP contribution in [0.2, 0.25) is 0 Å². The Bertz CT molecular complexity index is 720. The van der Waals surface area contributed by atoms with E-state index in [1.807, 2.05) is 37.2 Å². The average molecular weight is 341 g/mol. The van der Waals surface area contributed by atoms with Gasteiger partial charge in [0, 0.05) is 31.7 Å². The van der Waals surface area contributed by atoms with Crippen LogP contribution in [0.15, 0.2) is 36.8 Å². The number of hydrogen-bond acceptors (Lipinski definition) is 6. The largest absolute Gasteiger partial charge is 0.387 e. The molecule has 1 amide bonds. The number of carbonyl (C=O) groups is 1. The van der Waals surface area contributed by atoms with Gasteiger partial charge in [-0.25, -0.2) is 9.97 Å². The SMILES string of the molecule is CN(C)C[C@]1(O)CCCN(C(=O)c2cnc(-c3ccccn3)nc2)C1. The highest BCUT2D eigenvalue weighted by Gasteiger charge is 2.36. The van der Waals surface area contributed by atoms with E-state index in [0.29, 0.717) is 43.1 Å². The molecule has 0 radical (unpaired) electrons. The zero-order valence-electron chi connectivity index (χ0n) is 14.6. The van der Waals surface area contributed by atoms with E-state index in [-0.39, 0.29) is 5.91 Å². The molecule has 1 aliphatic rings. The molecule has 1 saturated heterocycles. The van der Waals surface area contributed by atoms with E-state index in [4.69, 9.17) is 0 Å². The number of piperidine rings is 1. The summed E-state index contributed by atoms with van der Waals surface area (Å²) >= 11 is 0. The van der Waals surface area contributed by atoms with Crippen molar-refractivity contribution in [3.8, 4) is 11.5 Å². The molecule has 2 aromatic heterocycles. The lowest BCUT2D eigenvalue weighted by molar-refractivity contribution is -0.0391. The molecule has 3 heterocycles. The molecule has 1 atom stereocenters. The third-order valence-electron chi connectivity index (χ3n) is 4.25. The van der Waals surface area contributed by atoms with Crippen molar-refractivity contribution in [1.82, 2.24) is 24.8 Å². The summed E-state index contributed by atoms with van der Waals surface area (Å²) < 4.78 is 0. The minimum Gasteiger partial charge on any atom is -0.387 e. The second-order valence-electron chi connectivity index (χ2n) is 6.80. The molecule has 7 heteroatoms. The molecule has 3 rings (SSSR count). The smallest absolute Gasteiger partial charge is 0.257 e. The predicted molar refractivity (Wildman–Crippen MR) is 93.9 cm³/mol. The van der Waals surface area contributed by atoms with Crippen molar-refractivity contribution in [2.75, 3.05) is 33.7 Å². The number of nitrogens with zero attached hydrogens (tertiary/aromatic N) is 5. The van der Waals surface area contributed by atoms with E-state index >= 15 is 0 Å². The van der Waals surface area contributed by atoms with Crippen LogP contribution < -0.4 is 0 Å². The van der Waals surface area contributed by atoms with Gasteiger partial charge in [-0.05, 0) is 39.1 Å². The first-order valence-corrected chi connectivity index (χ1v) is 8.37. The van der Waals surface area contributed by atoms with Gasteiger partial charge >= 0.3 is 0 Å². The Labute approximate surface area is 147 Å². The second kappa shape index (κ2) is 7.25. The van der Waals surface area contributed by atoms with Gasteiger partial charge in [-0.2, -0.15) is 0 Å². The molecule has 1 aliphatic heterocycles. The first-order chi connectivity index (χ1) is 12.0. The van der Waals surface area contributed by atoms with Crippen LogP contribution >= 0.6 is 0 Å². The molecule has 0 bridgehead atoms. The first-order valence-electron chi connectivity index (χ1n) is 8.37. The summed E-state index contributed by atoms with van der Waals surface area (Å²) in [6.45, 7) is 1.49. The van der Waals surface area contributed by atoms with Gasteiger partial charge in [0.2, 0.25) is 0 Å². The van der Waals surface area contributed by atoms with Crippen LogP contribution in [0.1, 0.15) is 23.2 Å². The quantitative estimate of drug-likeness (QED) is 0.896. The van der Waals surface area contributed by atoms with Crippen molar-refractivity contribution in [1.29, 1.82) is 0 Å². The molecule has 132 valence electrons. The van der Waals surface area contributed by atoms with E-state index < -0.39 is 5.60 Å². The lowest BCUT2D eigenvalue weighted by Crippen LogP contribution is -2.54. The highest BCUT2D eigenvalue weighted by Crippen LogP contribution is 2.23. The number of aliphatic hydroxyl groups is 1. The van der Waals surface area contributed by atoms with Crippen LogP contribution in [0.3, 0.4) is 0 Å². The number of likely N-dealkylation sites (N-methyl/N-ethyl adjacent to an activating group) is 1. The molecule has 0 aromatic carbocycles. The third kappa shape index (κ3) is 4.18. The summed E-state index contributed by atoms with van der Waals surface area (Å²) in [5.41, 5.74) is 0.222. The van der Waals surface area contributed by atoms with Gasteiger partial charge < -0.3 is 14.9 Å². The lowest BCUT2D eigenvalue weighted by atomic mass is 9.92. The zero-order valence-corrected chi connectivity index (χ0v) is 14.6. The molecule has 0 unspecified atom stereocenters. The minimum absolute atomic E-state index is 0.149. The molecule has 25 heavy (non-hydrogen) atoms. The Morgan fingerprint density at radius 2 is 2.04 bits per heavy atom. The van der Waals surface area contributed by atoms with Crippen molar-refractivity contribution in [2.45, 2.75) is 18.4 Å². The van der Waals surface area contributed by atoms with Crippen LogP contribution in [-0.4, -0.2) is 75.1 Å². The van der Waals surface area contributed by atoms with Crippen molar-refractivity contribution >= 4 is 5.91 Å². The topological polar surface area (TPSA) is 82.5 Å². The zero-order chi connectivity index (χ0) is 17.9. The highest BCUT2D eigenvalue weighted by atomic mass is 16.3. The number of rotatable bonds is 4. The van der Waals surface area contributed by atoms with E-state index in [2.05, 4.69) is 15.0 Å². The van der Waals surface area contributed by atoms with Crippen LogP contribution in [0.4, 0.5) is 0 Å². The molecule has 7 nitrogen and oxygen atoms in total.